The minimum atomic E-state index is 0.651. The fraction of sp³-hybridized carbons (Fsp3) is 0.0500. The molecule has 0 unspecified atom stereocenters. The average Bonchev–Trinajstić information content (AvgIpc) is 2.64. The first-order valence-corrected chi connectivity index (χ1v) is 7.70. The molecule has 4 heteroatoms. The van der Waals surface area contributed by atoms with Crippen LogP contribution in [0.4, 0.5) is 17.1 Å². The van der Waals surface area contributed by atoms with Crippen molar-refractivity contribution < 1.29 is 4.74 Å². The Hall–Kier alpha value is -3.27. The lowest BCUT2D eigenvalue weighted by Gasteiger charge is -2.12. The number of aliphatic imine (C=N–C) groups is 1. The molecule has 0 saturated heterocycles. The van der Waals surface area contributed by atoms with Crippen molar-refractivity contribution in [1.29, 1.82) is 0 Å². The van der Waals surface area contributed by atoms with Crippen LogP contribution in [0.2, 0.25) is 0 Å². The molecular weight excluding hydrogens is 298 g/mol. The van der Waals surface area contributed by atoms with E-state index in [-0.39, 0.29) is 0 Å². The van der Waals surface area contributed by atoms with Crippen LogP contribution in [-0.2, 0) is 0 Å². The van der Waals surface area contributed by atoms with Crippen molar-refractivity contribution in [2.24, 2.45) is 4.99 Å². The maximum Gasteiger partial charge on any atom is 0.205 e. The van der Waals surface area contributed by atoms with Crippen molar-refractivity contribution in [3.63, 3.8) is 0 Å². The van der Waals surface area contributed by atoms with E-state index in [1.165, 1.54) is 0 Å². The van der Waals surface area contributed by atoms with Crippen LogP contribution in [0, 0.1) is 0 Å². The third-order valence-electron chi connectivity index (χ3n) is 3.39. The van der Waals surface area contributed by atoms with Crippen LogP contribution in [0.1, 0.15) is 0 Å². The number of nitrogens with zero attached hydrogens (tertiary/aromatic N) is 1. The first-order valence-electron chi connectivity index (χ1n) is 7.70. The molecule has 24 heavy (non-hydrogen) atoms. The molecule has 0 spiro atoms. The molecule has 4 nitrogen and oxygen atoms in total. The number of nitrogens with one attached hydrogen (secondary N) is 2. The van der Waals surface area contributed by atoms with Gasteiger partial charge in [-0.15, -0.1) is 0 Å². The second-order valence-electron chi connectivity index (χ2n) is 5.14. The van der Waals surface area contributed by atoms with Crippen LogP contribution >= 0.6 is 0 Å². The summed E-state index contributed by atoms with van der Waals surface area (Å²) in [4.78, 5) is 4.66. The van der Waals surface area contributed by atoms with Gasteiger partial charge < -0.3 is 15.4 Å². The zero-order valence-electron chi connectivity index (χ0n) is 13.4. The predicted molar refractivity (Wildman–Crippen MR) is 100 cm³/mol. The van der Waals surface area contributed by atoms with Gasteiger partial charge >= 0.3 is 0 Å². The van der Waals surface area contributed by atoms with Gasteiger partial charge in [0.05, 0.1) is 12.8 Å². The molecule has 0 saturated carbocycles. The molecule has 0 amide bonds. The van der Waals surface area contributed by atoms with Gasteiger partial charge in [-0.2, -0.15) is 0 Å². The predicted octanol–water partition coefficient (Wildman–Crippen LogP) is 4.91. The third kappa shape index (κ3) is 4.36. The summed E-state index contributed by atoms with van der Waals surface area (Å²) in [6.07, 6.45) is 0. The molecule has 0 radical (unpaired) electrons. The zero-order chi connectivity index (χ0) is 16.6. The zero-order valence-corrected chi connectivity index (χ0v) is 13.4. The smallest absolute Gasteiger partial charge is 0.205 e. The summed E-state index contributed by atoms with van der Waals surface area (Å²) < 4.78 is 5.19. The SMILES string of the molecule is COc1ccc(N=C(Nc2ccccc2)Nc2ccccc2)cc1. The Morgan fingerprint density at radius 3 is 1.67 bits per heavy atom. The molecule has 0 aliphatic heterocycles. The van der Waals surface area contributed by atoms with Crippen molar-refractivity contribution in [2.45, 2.75) is 0 Å². The Morgan fingerprint density at radius 1 is 0.708 bits per heavy atom. The van der Waals surface area contributed by atoms with Gasteiger partial charge in [0.1, 0.15) is 5.75 Å². The first kappa shape index (κ1) is 15.6. The molecule has 0 aliphatic rings. The number of para-hydroxylation sites is 2. The Labute approximate surface area is 141 Å². The molecule has 0 aromatic heterocycles. The van der Waals surface area contributed by atoms with Gasteiger partial charge in [0.15, 0.2) is 0 Å². The topological polar surface area (TPSA) is 45.6 Å². The molecule has 0 atom stereocenters. The summed E-state index contributed by atoms with van der Waals surface area (Å²) in [5, 5.41) is 6.62. The summed E-state index contributed by atoms with van der Waals surface area (Å²) in [6, 6.07) is 27.5. The Kier molecular flexibility index (Phi) is 5.10. The number of benzene rings is 3. The summed E-state index contributed by atoms with van der Waals surface area (Å²) >= 11 is 0. The molecule has 3 rings (SSSR count). The maximum absolute atomic E-state index is 5.19. The third-order valence-corrected chi connectivity index (χ3v) is 3.39. The Bertz CT molecular complexity index is 741. The lowest BCUT2D eigenvalue weighted by molar-refractivity contribution is 0.415. The summed E-state index contributed by atoms with van der Waals surface area (Å²) in [5.74, 6) is 1.46. The molecule has 0 heterocycles. The molecule has 0 fully saturated rings. The molecule has 3 aromatic carbocycles. The van der Waals surface area contributed by atoms with Gasteiger partial charge in [-0.1, -0.05) is 36.4 Å². The molecule has 0 bridgehead atoms. The van der Waals surface area contributed by atoms with E-state index in [1.807, 2.05) is 84.9 Å². The van der Waals surface area contributed by atoms with Crippen LogP contribution in [0.25, 0.3) is 0 Å². The minimum Gasteiger partial charge on any atom is -0.497 e. The van der Waals surface area contributed by atoms with Crippen molar-refractivity contribution in [3.8, 4) is 5.75 Å². The van der Waals surface area contributed by atoms with Crippen molar-refractivity contribution in [3.05, 3.63) is 84.9 Å². The van der Waals surface area contributed by atoms with Crippen molar-refractivity contribution >= 4 is 23.0 Å². The van der Waals surface area contributed by atoms with E-state index in [9.17, 15) is 0 Å². The van der Waals surface area contributed by atoms with Gasteiger partial charge in [0, 0.05) is 11.4 Å². The molecular formula is C20H19N3O. The number of hydrogen-bond donors (Lipinski definition) is 2. The van der Waals surface area contributed by atoms with E-state index in [0.29, 0.717) is 5.96 Å². The highest BCUT2D eigenvalue weighted by molar-refractivity contribution is 6.04. The number of methoxy groups -OCH3 is 1. The van der Waals surface area contributed by atoms with E-state index in [2.05, 4.69) is 15.6 Å². The fourth-order valence-corrected chi connectivity index (χ4v) is 2.19. The monoisotopic (exact) mass is 317 g/mol. The highest BCUT2D eigenvalue weighted by Crippen LogP contribution is 2.19. The Morgan fingerprint density at radius 2 is 1.21 bits per heavy atom. The van der Waals surface area contributed by atoms with Crippen LogP contribution in [-0.4, -0.2) is 13.1 Å². The van der Waals surface area contributed by atoms with Crippen LogP contribution < -0.4 is 15.4 Å². The molecule has 120 valence electrons. The maximum atomic E-state index is 5.19. The van der Waals surface area contributed by atoms with E-state index in [4.69, 9.17) is 4.74 Å². The number of hydrogen-bond acceptors (Lipinski definition) is 2. The Balaban J connectivity index is 1.86. The average molecular weight is 317 g/mol. The van der Waals surface area contributed by atoms with E-state index >= 15 is 0 Å². The fourth-order valence-electron chi connectivity index (χ4n) is 2.19. The lowest BCUT2D eigenvalue weighted by atomic mass is 10.3. The van der Waals surface area contributed by atoms with Crippen LogP contribution in [0.15, 0.2) is 89.9 Å². The van der Waals surface area contributed by atoms with E-state index in [0.717, 1.165) is 22.8 Å². The quantitative estimate of drug-likeness (QED) is 0.531. The summed E-state index contributed by atoms with van der Waals surface area (Å²) in [7, 11) is 1.65. The van der Waals surface area contributed by atoms with Crippen LogP contribution in [0.3, 0.4) is 0 Å². The van der Waals surface area contributed by atoms with Gasteiger partial charge in [0.2, 0.25) is 5.96 Å². The summed E-state index contributed by atoms with van der Waals surface area (Å²) in [6.45, 7) is 0. The van der Waals surface area contributed by atoms with Crippen molar-refractivity contribution in [2.75, 3.05) is 17.7 Å². The molecule has 2 N–H and O–H groups in total. The number of guanidine groups is 1. The summed E-state index contributed by atoms with van der Waals surface area (Å²) in [5.41, 5.74) is 2.76. The first-order chi connectivity index (χ1) is 11.8. The highest BCUT2D eigenvalue weighted by Gasteiger charge is 2.02. The highest BCUT2D eigenvalue weighted by atomic mass is 16.5. The largest absolute Gasteiger partial charge is 0.497 e. The second kappa shape index (κ2) is 7.83. The lowest BCUT2D eigenvalue weighted by Crippen LogP contribution is -2.21. The standard InChI is InChI=1S/C20H19N3O/c1-24-19-14-12-18(13-15-19)23-20(21-16-8-4-2-5-9-16)22-17-10-6-3-7-11-17/h2-15H,1H3,(H2,21,22,23). The van der Waals surface area contributed by atoms with Gasteiger partial charge in [-0.25, -0.2) is 4.99 Å². The normalized spacial score (nSPS) is 9.88. The van der Waals surface area contributed by atoms with Crippen LogP contribution in [0.5, 0.6) is 5.75 Å². The molecule has 0 aliphatic carbocycles. The van der Waals surface area contributed by atoms with Gasteiger partial charge in [-0.05, 0) is 48.5 Å². The molecule has 3 aromatic rings. The number of ether oxygens (including phenoxy) is 1. The number of anilines is 2. The van der Waals surface area contributed by atoms with Gasteiger partial charge in [-0.3, -0.25) is 0 Å². The number of rotatable bonds is 4. The van der Waals surface area contributed by atoms with E-state index in [1.54, 1.807) is 7.11 Å². The van der Waals surface area contributed by atoms with E-state index < -0.39 is 0 Å². The van der Waals surface area contributed by atoms with Crippen molar-refractivity contribution in [1.82, 2.24) is 0 Å². The van der Waals surface area contributed by atoms with Gasteiger partial charge in [0.25, 0.3) is 0 Å². The second-order valence-corrected chi connectivity index (χ2v) is 5.14. The minimum absolute atomic E-state index is 0.651.